The second-order valence-corrected chi connectivity index (χ2v) is 7.97. The molecule has 1 N–H and O–H groups in total. The van der Waals surface area contributed by atoms with E-state index in [1.165, 1.54) is 48.2 Å². The topological polar surface area (TPSA) is 49.4 Å². The van der Waals surface area contributed by atoms with Gasteiger partial charge in [-0.2, -0.15) is 0 Å². The second kappa shape index (κ2) is 16.9. The average Bonchev–Trinajstić information content (AvgIpc) is 2.70. The van der Waals surface area contributed by atoms with Gasteiger partial charge in [0, 0.05) is 12.6 Å². The molecule has 1 heterocycles. The van der Waals surface area contributed by atoms with Crippen LogP contribution in [0.3, 0.4) is 0 Å². The molecular formula is C25H40N2NaO2-. The van der Waals surface area contributed by atoms with Crippen LogP contribution in [-0.2, 0) is 16.1 Å². The number of allylic oxidation sites excluding steroid dienone is 1. The molecule has 2 rings (SSSR count). The van der Waals surface area contributed by atoms with E-state index in [1.54, 1.807) is 0 Å². The predicted molar refractivity (Wildman–Crippen MR) is 124 cm³/mol. The van der Waals surface area contributed by atoms with Gasteiger partial charge in [-0.05, 0) is 82.7 Å². The summed E-state index contributed by atoms with van der Waals surface area (Å²) in [4.78, 5) is 21.8. The number of piperidine rings is 1. The van der Waals surface area contributed by atoms with Crippen molar-refractivity contribution in [1.29, 1.82) is 0 Å². The Bertz CT molecular complexity index is 626. The minimum atomic E-state index is -0.218. The first-order valence-electron chi connectivity index (χ1n) is 10.3. The Kier molecular flexibility index (Phi) is 17.6. The van der Waals surface area contributed by atoms with E-state index >= 15 is 0 Å². The van der Waals surface area contributed by atoms with Gasteiger partial charge in [-0.3, -0.25) is 0 Å². The molecule has 164 valence electrons. The van der Waals surface area contributed by atoms with Crippen LogP contribution in [0.4, 0.5) is 0 Å². The van der Waals surface area contributed by atoms with Crippen molar-refractivity contribution in [3.8, 4) is 0 Å². The van der Waals surface area contributed by atoms with E-state index < -0.39 is 0 Å². The first-order valence-corrected chi connectivity index (χ1v) is 10.3. The van der Waals surface area contributed by atoms with Crippen LogP contribution < -0.4 is 34.9 Å². The fourth-order valence-electron chi connectivity index (χ4n) is 4.08. The minimum Gasteiger partial charge on any atom is -0.540 e. The first-order chi connectivity index (χ1) is 13.5. The summed E-state index contributed by atoms with van der Waals surface area (Å²) < 4.78 is 0. The van der Waals surface area contributed by atoms with Crippen LogP contribution in [0.15, 0.2) is 24.8 Å². The molecule has 0 aromatic heterocycles. The van der Waals surface area contributed by atoms with Gasteiger partial charge < -0.3 is 27.2 Å². The molecule has 1 aliphatic heterocycles. The van der Waals surface area contributed by atoms with Crippen LogP contribution in [0, 0.1) is 21.3 Å². The number of nitrogens with zero attached hydrogens (tertiary/aromatic N) is 1. The van der Waals surface area contributed by atoms with Crippen LogP contribution in [0.2, 0.25) is 0 Å². The van der Waals surface area contributed by atoms with Gasteiger partial charge in [0.1, 0.15) is 6.79 Å². The number of carbonyl (C=O) groups excluding carboxylic acids is 2. The molecule has 4 nitrogen and oxygen atoms in total. The molecule has 1 aromatic rings. The van der Waals surface area contributed by atoms with Crippen molar-refractivity contribution in [2.75, 3.05) is 13.1 Å². The van der Waals surface area contributed by atoms with E-state index in [-0.39, 0.29) is 43.0 Å². The van der Waals surface area contributed by atoms with Crippen molar-refractivity contribution in [2.24, 2.45) is 0 Å². The van der Waals surface area contributed by atoms with Gasteiger partial charge in [0.05, 0.1) is 0 Å². The predicted octanol–water partition coefficient (Wildman–Crippen LogP) is 1.69. The van der Waals surface area contributed by atoms with Crippen molar-refractivity contribution in [3.63, 3.8) is 0 Å². The van der Waals surface area contributed by atoms with Crippen molar-refractivity contribution in [2.45, 2.75) is 77.9 Å². The van der Waals surface area contributed by atoms with E-state index in [0.29, 0.717) is 12.0 Å². The first kappa shape index (κ1) is 31.4. The number of rotatable bonds is 9. The van der Waals surface area contributed by atoms with Crippen LogP contribution in [-0.4, -0.2) is 43.1 Å². The quantitative estimate of drug-likeness (QED) is 0.373. The largest absolute Gasteiger partial charge is 1.00 e. The molecule has 1 saturated heterocycles. The Balaban J connectivity index is 0. The zero-order chi connectivity index (χ0) is 21.1. The molecule has 0 spiro atoms. The van der Waals surface area contributed by atoms with E-state index in [1.807, 2.05) is 12.9 Å². The Morgan fingerprint density at radius 3 is 2.33 bits per heavy atom. The van der Waals surface area contributed by atoms with Gasteiger partial charge >= 0.3 is 29.6 Å². The van der Waals surface area contributed by atoms with Gasteiger partial charge in [-0.25, -0.2) is 6.29 Å². The summed E-state index contributed by atoms with van der Waals surface area (Å²) in [6.45, 7) is 17.8. The fraction of sp³-hybridized carbons (Fsp3) is 0.560. The van der Waals surface area contributed by atoms with Crippen molar-refractivity contribution in [1.82, 2.24) is 10.2 Å². The maximum absolute atomic E-state index is 11.2. The second-order valence-electron chi connectivity index (χ2n) is 7.97. The normalized spacial score (nSPS) is 15.2. The number of aryl methyl sites for hydroxylation is 2. The van der Waals surface area contributed by atoms with Crippen molar-refractivity contribution < 1.29 is 39.1 Å². The summed E-state index contributed by atoms with van der Waals surface area (Å²) in [6, 6.07) is 5.03. The number of hydrogen-bond acceptors (Lipinski definition) is 4. The third-order valence-electron chi connectivity index (χ3n) is 5.68. The molecule has 1 aliphatic rings. The van der Waals surface area contributed by atoms with E-state index in [4.69, 9.17) is 4.79 Å². The van der Waals surface area contributed by atoms with E-state index in [0.717, 1.165) is 19.4 Å². The molecule has 1 unspecified atom stereocenters. The number of carbonyl (C=O) groups is 1. The number of nitrogens with one attached hydrogen (secondary N) is 1. The average molecular weight is 424 g/mol. The molecular weight excluding hydrogens is 383 g/mol. The van der Waals surface area contributed by atoms with Crippen LogP contribution in [0.25, 0.3) is 0 Å². The standard InChI is InChI=1S/C23H35N2O.CH2O.CH3.Na/c1-6-7-8-21(16-26)24-15-23-19(5)13-18(4)14-22(23)20-9-11-25(12-10-20)17(2)3;1-2;;/h6,13-14,17,20-21,24H,1,7-12,15H2,2-5H3;1H2;1H3;/q-1;;-1;+1. The Morgan fingerprint density at radius 2 is 1.83 bits per heavy atom. The third-order valence-corrected chi connectivity index (χ3v) is 5.68. The monoisotopic (exact) mass is 423 g/mol. The van der Waals surface area contributed by atoms with Crippen LogP contribution >= 0.6 is 0 Å². The maximum Gasteiger partial charge on any atom is 1.00 e. The van der Waals surface area contributed by atoms with E-state index in [9.17, 15) is 4.79 Å². The third kappa shape index (κ3) is 9.57. The van der Waals surface area contributed by atoms with Crippen molar-refractivity contribution in [3.05, 3.63) is 54.5 Å². The zero-order valence-electron chi connectivity index (χ0n) is 20.1. The molecule has 30 heavy (non-hydrogen) atoms. The van der Waals surface area contributed by atoms with Crippen molar-refractivity contribution >= 4 is 13.1 Å². The molecule has 1 atom stereocenters. The molecule has 0 amide bonds. The minimum absolute atomic E-state index is 0. The molecule has 0 aliphatic carbocycles. The van der Waals surface area contributed by atoms with Gasteiger partial charge in [-0.1, -0.05) is 36.2 Å². The summed E-state index contributed by atoms with van der Waals surface area (Å²) in [7, 11) is 0. The summed E-state index contributed by atoms with van der Waals surface area (Å²) >= 11 is 0. The SMILES string of the molecule is C=CCCC([C-]=O)NCc1c(C)cc(C)cc1C1CCN(C(C)C)CC1.C=O.[CH3-].[Na+]. The summed E-state index contributed by atoms with van der Waals surface area (Å²) in [5, 5.41) is 3.41. The Morgan fingerprint density at radius 1 is 1.23 bits per heavy atom. The van der Waals surface area contributed by atoms with Crippen LogP contribution in [0.1, 0.15) is 67.7 Å². The Labute approximate surface area is 207 Å². The fourth-order valence-corrected chi connectivity index (χ4v) is 4.08. The summed E-state index contributed by atoms with van der Waals surface area (Å²) in [5.41, 5.74) is 5.51. The molecule has 0 saturated carbocycles. The summed E-state index contributed by atoms with van der Waals surface area (Å²) in [6.07, 6.45) is 8.03. The molecule has 0 bridgehead atoms. The van der Waals surface area contributed by atoms with Gasteiger partial charge in [0.2, 0.25) is 0 Å². The molecule has 0 radical (unpaired) electrons. The maximum atomic E-state index is 11.2. The smallest absolute Gasteiger partial charge is 0.540 e. The number of hydrogen-bond donors (Lipinski definition) is 1. The van der Waals surface area contributed by atoms with Gasteiger partial charge in [0.25, 0.3) is 0 Å². The Hall–Kier alpha value is -0.780. The van der Waals surface area contributed by atoms with E-state index in [2.05, 4.69) is 62.9 Å². The molecule has 1 aromatic carbocycles. The van der Waals surface area contributed by atoms with Gasteiger partial charge in [0.15, 0.2) is 0 Å². The molecule has 1 fully saturated rings. The van der Waals surface area contributed by atoms with Gasteiger partial charge in [-0.15, -0.1) is 6.58 Å². The molecule has 5 heteroatoms. The summed E-state index contributed by atoms with van der Waals surface area (Å²) in [5.74, 6) is 0.618. The zero-order valence-corrected chi connectivity index (χ0v) is 22.1. The number of benzene rings is 1. The van der Waals surface area contributed by atoms with Crippen LogP contribution in [0.5, 0.6) is 0 Å². The number of likely N-dealkylation sites (tertiary alicyclic amines) is 1.